The minimum Gasteiger partial charge on any atom is -0.451 e. The number of hydrogen-bond acceptors (Lipinski definition) is 3. The highest BCUT2D eigenvalue weighted by Gasteiger charge is 2.12. The van der Waals surface area contributed by atoms with Crippen LogP contribution < -0.4 is 5.32 Å². The standard InChI is InChI=1S/C20H16ClN3O2/c21-16-6-7-18-15(10-16)11-19(26-18)20(25)22-9-8-14-12-23-24(13-14)17-4-2-1-3-5-17/h1-7,10-13H,8-9H2,(H,22,25). The van der Waals surface area contributed by atoms with E-state index in [1.165, 1.54) is 0 Å². The van der Waals surface area contributed by atoms with Crippen molar-refractivity contribution < 1.29 is 9.21 Å². The van der Waals surface area contributed by atoms with Gasteiger partial charge in [0, 0.05) is 23.2 Å². The lowest BCUT2D eigenvalue weighted by Crippen LogP contribution is -2.25. The molecule has 1 N–H and O–H groups in total. The van der Waals surface area contributed by atoms with Crippen molar-refractivity contribution in [3.05, 3.63) is 83.3 Å². The monoisotopic (exact) mass is 365 g/mol. The molecule has 0 spiro atoms. The molecule has 130 valence electrons. The average molecular weight is 366 g/mol. The molecular weight excluding hydrogens is 350 g/mol. The van der Waals surface area contributed by atoms with Gasteiger partial charge in [-0.05, 0) is 48.4 Å². The molecule has 0 saturated carbocycles. The van der Waals surface area contributed by atoms with Crippen LogP contribution in [0.2, 0.25) is 5.02 Å². The predicted molar refractivity (Wildman–Crippen MR) is 101 cm³/mol. The van der Waals surface area contributed by atoms with Gasteiger partial charge in [0.25, 0.3) is 5.91 Å². The summed E-state index contributed by atoms with van der Waals surface area (Å²) in [6, 6.07) is 16.9. The highest BCUT2D eigenvalue weighted by atomic mass is 35.5. The van der Waals surface area contributed by atoms with Crippen LogP contribution in [0.1, 0.15) is 16.1 Å². The zero-order valence-corrected chi connectivity index (χ0v) is 14.6. The largest absolute Gasteiger partial charge is 0.451 e. The number of amides is 1. The molecule has 26 heavy (non-hydrogen) atoms. The highest BCUT2D eigenvalue weighted by Crippen LogP contribution is 2.23. The van der Waals surface area contributed by atoms with E-state index in [0.717, 1.165) is 16.6 Å². The molecule has 0 aliphatic rings. The number of carbonyl (C=O) groups excluding carboxylic acids is 1. The molecular formula is C20H16ClN3O2. The average Bonchev–Trinajstić information content (AvgIpc) is 3.29. The molecule has 1 amide bonds. The molecule has 0 fully saturated rings. The highest BCUT2D eigenvalue weighted by molar-refractivity contribution is 6.31. The van der Waals surface area contributed by atoms with Gasteiger partial charge in [-0.25, -0.2) is 4.68 Å². The van der Waals surface area contributed by atoms with Gasteiger partial charge in [-0.2, -0.15) is 5.10 Å². The number of benzene rings is 2. The Kier molecular flexibility index (Phi) is 4.46. The number of carbonyl (C=O) groups is 1. The van der Waals surface area contributed by atoms with Crippen LogP contribution in [0.3, 0.4) is 0 Å². The first-order valence-electron chi connectivity index (χ1n) is 8.25. The van der Waals surface area contributed by atoms with E-state index in [9.17, 15) is 4.79 Å². The number of para-hydroxylation sites is 1. The first-order chi connectivity index (χ1) is 12.7. The van der Waals surface area contributed by atoms with E-state index in [1.807, 2.05) is 47.4 Å². The number of fused-ring (bicyclic) bond motifs is 1. The van der Waals surface area contributed by atoms with Crippen molar-refractivity contribution in [2.75, 3.05) is 6.54 Å². The van der Waals surface area contributed by atoms with Crippen molar-refractivity contribution in [1.29, 1.82) is 0 Å². The number of hydrogen-bond donors (Lipinski definition) is 1. The summed E-state index contributed by atoms with van der Waals surface area (Å²) in [6.07, 6.45) is 4.46. The Morgan fingerprint density at radius 1 is 1.15 bits per heavy atom. The lowest BCUT2D eigenvalue weighted by molar-refractivity contribution is 0.0928. The molecule has 4 rings (SSSR count). The fourth-order valence-corrected chi connectivity index (χ4v) is 2.93. The molecule has 0 aliphatic heterocycles. The fraction of sp³-hybridized carbons (Fsp3) is 0.100. The summed E-state index contributed by atoms with van der Waals surface area (Å²) < 4.78 is 7.38. The zero-order valence-electron chi connectivity index (χ0n) is 13.9. The molecule has 0 bridgehead atoms. The molecule has 0 saturated heterocycles. The van der Waals surface area contributed by atoms with E-state index in [-0.39, 0.29) is 11.7 Å². The van der Waals surface area contributed by atoms with E-state index >= 15 is 0 Å². The second kappa shape index (κ2) is 7.06. The maximum Gasteiger partial charge on any atom is 0.287 e. The SMILES string of the molecule is O=C(NCCc1cnn(-c2ccccc2)c1)c1cc2cc(Cl)ccc2o1. The van der Waals surface area contributed by atoms with Crippen molar-refractivity contribution in [1.82, 2.24) is 15.1 Å². The lowest BCUT2D eigenvalue weighted by atomic mass is 10.2. The van der Waals surface area contributed by atoms with Gasteiger partial charge in [0.2, 0.25) is 0 Å². The van der Waals surface area contributed by atoms with Crippen LogP contribution in [0.25, 0.3) is 16.7 Å². The molecule has 2 aromatic carbocycles. The minimum atomic E-state index is -0.243. The Morgan fingerprint density at radius 3 is 2.85 bits per heavy atom. The third kappa shape index (κ3) is 3.48. The van der Waals surface area contributed by atoms with Crippen molar-refractivity contribution >= 4 is 28.5 Å². The number of nitrogens with zero attached hydrogens (tertiary/aromatic N) is 2. The Morgan fingerprint density at radius 2 is 2.00 bits per heavy atom. The number of aromatic nitrogens is 2. The molecule has 0 atom stereocenters. The summed E-state index contributed by atoms with van der Waals surface area (Å²) in [7, 11) is 0. The Bertz CT molecular complexity index is 1050. The fourth-order valence-electron chi connectivity index (χ4n) is 2.74. The van der Waals surface area contributed by atoms with Crippen LogP contribution in [0.15, 0.2) is 71.4 Å². The molecule has 6 heteroatoms. The molecule has 0 radical (unpaired) electrons. The van der Waals surface area contributed by atoms with E-state index in [4.69, 9.17) is 16.0 Å². The van der Waals surface area contributed by atoms with E-state index in [0.29, 0.717) is 23.6 Å². The molecule has 5 nitrogen and oxygen atoms in total. The summed E-state index contributed by atoms with van der Waals surface area (Å²) in [6.45, 7) is 0.497. The summed E-state index contributed by atoms with van der Waals surface area (Å²) >= 11 is 5.96. The van der Waals surface area contributed by atoms with Crippen LogP contribution in [-0.2, 0) is 6.42 Å². The van der Waals surface area contributed by atoms with Gasteiger partial charge in [-0.3, -0.25) is 4.79 Å². The number of nitrogens with one attached hydrogen (secondary N) is 1. The van der Waals surface area contributed by atoms with Crippen LogP contribution in [-0.4, -0.2) is 22.2 Å². The first-order valence-corrected chi connectivity index (χ1v) is 8.63. The van der Waals surface area contributed by atoms with Gasteiger partial charge in [-0.15, -0.1) is 0 Å². The van der Waals surface area contributed by atoms with Gasteiger partial charge < -0.3 is 9.73 Å². The first kappa shape index (κ1) is 16.4. The van der Waals surface area contributed by atoms with Gasteiger partial charge in [0.1, 0.15) is 5.58 Å². The second-order valence-electron chi connectivity index (χ2n) is 5.93. The van der Waals surface area contributed by atoms with E-state index in [1.54, 1.807) is 24.3 Å². The van der Waals surface area contributed by atoms with Gasteiger partial charge in [0.05, 0.1) is 11.9 Å². The van der Waals surface area contributed by atoms with Crippen LogP contribution in [0.4, 0.5) is 0 Å². The maximum absolute atomic E-state index is 12.3. The molecule has 2 aromatic heterocycles. The summed E-state index contributed by atoms with van der Waals surface area (Å²) in [5.41, 5.74) is 2.69. The Hall–Kier alpha value is -3.05. The molecule has 2 heterocycles. The van der Waals surface area contributed by atoms with Gasteiger partial charge >= 0.3 is 0 Å². The molecule has 4 aromatic rings. The second-order valence-corrected chi connectivity index (χ2v) is 6.36. The minimum absolute atomic E-state index is 0.243. The van der Waals surface area contributed by atoms with Crippen molar-refractivity contribution in [3.8, 4) is 5.69 Å². The molecule has 0 unspecified atom stereocenters. The smallest absolute Gasteiger partial charge is 0.287 e. The van der Waals surface area contributed by atoms with Gasteiger partial charge in [0.15, 0.2) is 5.76 Å². The maximum atomic E-state index is 12.3. The number of rotatable bonds is 5. The zero-order chi connectivity index (χ0) is 17.9. The third-order valence-electron chi connectivity index (χ3n) is 4.06. The van der Waals surface area contributed by atoms with Crippen LogP contribution >= 0.6 is 11.6 Å². The van der Waals surface area contributed by atoms with Gasteiger partial charge in [-0.1, -0.05) is 29.8 Å². The summed E-state index contributed by atoms with van der Waals surface area (Å²) in [5.74, 6) is 0.0371. The van der Waals surface area contributed by atoms with Crippen molar-refractivity contribution in [2.45, 2.75) is 6.42 Å². The number of halogens is 1. The van der Waals surface area contributed by atoms with Crippen molar-refractivity contribution in [2.24, 2.45) is 0 Å². The van der Waals surface area contributed by atoms with E-state index < -0.39 is 0 Å². The van der Waals surface area contributed by atoms with Crippen LogP contribution in [0, 0.1) is 0 Å². The summed E-state index contributed by atoms with van der Waals surface area (Å²) in [4.78, 5) is 12.3. The Labute approximate surface area is 155 Å². The topological polar surface area (TPSA) is 60.1 Å². The quantitative estimate of drug-likeness (QED) is 0.575. The molecule has 0 aliphatic carbocycles. The predicted octanol–water partition coefficient (Wildman–Crippen LogP) is 4.24. The third-order valence-corrected chi connectivity index (χ3v) is 4.29. The normalized spacial score (nSPS) is 11.0. The van der Waals surface area contributed by atoms with E-state index in [2.05, 4.69) is 10.4 Å². The summed E-state index contributed by atoms with van der Waals surface area (Å²) in [5, 5.41) is 8.65. The lowest BCUT2D eigenvalue weighted by Gasteiger charge is -2.01. The number of furan rings is 1. The van der Waals surface area contributed by atoms with Crippen molar-refractivity contribution in [3.63, 3.8) is 0 Å². The van der Waals surface area contributed by atoms with Crippen LogP contribution in [0.5, 0.6) is 0 Å². The Balaban J connectivity index is 1.37.